The molecule has 5 aromatic carbocycles. The first-order valence-electron chi connectivity index (χ1n) is 11.2. The molecule has 0 fully saturated rings. The molecule has 2 nitrogen and oxygen atoms in total. The van der Waals surface area contributed by atoms with E-state index in [-0.39, 0.29) is 0 Å². The highest BCUT2D eigenvalue weighted by Gasteiger charge is 2.16. The van der Waals surface area contributed by atoms with Crippen molar-refractivity contribution in [3.8, 4) is 11.4 Å². The summed E-state index contributed by atoms with van der Waals surface area (Å²) in [6.45, 7) is 0. The Morgan fingerprint density at radius 2 is 0.971 bits per heavy atom. The van der Waals surface area contributed by atoms with Crippen LogP contribution in [0.3, 0.4) is 0 Å². The SMILES string of the molecule is Clc1cc(Br)cc(-n2c3ccccc3c3cc(-n4c5ccccc5c5ccccc54)ccc32)c1. The maximum absolute atomic E-state index is 6.43. The van der Waals surface area contributed by atoms with Crippen molar-refractivity contribution >= 4 is 71.1 Å². The molecule has 34 heavy (non-hydrogen) atoms. The Bertz CT molecular complexity index is 1820. The summed E-state index contributed by atoms with van der Waals surface area (Å²) in [6.07, 6.45) is 0. The van der Waals surface area contributed by atoms with Crippen LogP contribution in [0.2, 0.25) is 5.02 Å². The maximum Gasteiger partial charge on any atom is 0.0542 e. The number of fused-ring (bicyclic) bond motifs is 6. The van der Waals surface area contributed by atoms with E-state index >= 15 is 0 Å². The van der Waals surface area contributed by atoms with E-state index in [1.807, 2.05) is 12.1 Å². The van der Waals surface area contributed by atoms with E-state index in [4.69, 9.17) is 11.6 Å². The molecule has 2 aromatic heterocycles. The van der Waals surface area contributed by atoms with Gasteiger partial charge in [-0.05, 0) is 54.6 Å². The first-order chi connectivity index (χ1) is 16.7. The van der Waals surface area contributed by atoms with Gasteiger partial charge in [0.2, 0.25) is 0 Å². The summed E-state index contributed by atoms with van der Waals surface area (Å²) in [7, 11) is 0. The number of rotatable bonds is 2. The van der Waals surface area contributed by atoms with Crippen LogP contribution in [0.5, 0.6) is 0 Å². The van der Waals surface area contributed by atoms with Crippen LogP contribution in [-0.4, -0.2) is 9.13 Å². The number of hydrogen-bond donors (Lipinski definition) is 0. The van der Waals surface area contributed by atoms with E-state index < -0.39 is 0 Å². The van der Waals surface area contributed by atoms with Crippen molar-refractivity contribution in [2.24, 2.45) is 0 Å². The van der Waals surface area contributed by atoms with Gasteiger partial charge in [-0.15, -0.1) is 0 Å². The molecule has 0 saturated carbocycles. The molecule has 0 N–H and O–H groups in total. The second kappa shape index (κ2) is 7.49. The minimum Gasteiger partial charge on any atom is -0.309 e. The molecule has 0 saturated heterocycles. The number of para-hydroxylation sites is 3. The molecular weight excluding hydrogens is 504 g/mol. The number of halogens is 2. The van der Waals surface area contributed by atoms with Crippen LogP contribution in [0, 0.1) is 0 Å². The van der Waals surface area contributed by atoms with Gasteiger partial charge in [-0.2, -0.15) is 0 Å². The summed E-state index contributed by atoms with van der Waals surface area (Å²) in [6, 6.07) is 38.6. The summed E-state index contributed by atoms with van der Waals surface area (Å²) in [5, 5.41) is 5.67. The van der Waals surface area contributed by atoms with Gasteiger partial charge in [0.05, 0.1) is 22.1 Å². The molecule has 0 aliphatic rings. The summed E-state index contributed by atoms with van der Waals surface area (Å²) in [4.78, 5) is 0. The average Bonchev–Trinajstić information content (AvgIpc) is 3.36. The van der Waals surface area contributed by atoms with Gasteiger partial charge in [0.15, 0.2) is 0 Å². The van der Waals surface area contributed by atoms with E-state index in [2.05, 4.69) is 122 Å². The Hall–Kier alpha value is -3.53. The van der Waals surface area contributed by atoms with E-state index in [0.717, 1.165) is 26.9 Å². The van der Waals surface area contributed by atoms with Crippen LogP contribution in [0.25, 0.3) is 55.0 Å². The molecular formula is C30H18BrClN2. The zero-order valence-electron chi connectivity index (χ0n) is 18.0. The largest absolute Gasteiger partial charge is 0.309 e. The highest BCUT2D eigenvalue weighted by Crippen LogP contribution is 2.37. The Morgan fingerprint density at radius 1 is 0.471 bits per heavy atom. The van der Waals surface area contributed by atoms with Crippen molar-refractivity contribution in [2.75, 3.05) is 0 Å². The van der Waals surface area contributed by atoms with Crippen molar-refractivity contribution in [1.82, 2.24) is 9.13 Å². The Kier molecular flexibility index (Phi) is 4.38. The Morgan fingerprint density at radius 3 is 1.56 bits per heavy atom. The Labute approximate surface area is 209 Å². The second-order valence-corrected chi connectivity index (χ2v) is 9.90. The fourth-order valence-corrected chi connectivity index (χ4v) is 6.09. The van der Waals surface area contributed by atoms with E-state index in [1.165, 1.54) is 32.6 Å². The molecule has 0 spiro atoms. The predicted molar refractivity (Wildman–Crippen MR) is 148 cm³/mol. The Balaban J connectivity index is 1.58. The monoisotopic (exact) mass is 520 g/mol. The third kappa shape index (κ3) is 2.87. The number of benzene rings is 5. The summed E-state index contributed by atoms with van der Waals surface area (Å²) in [5.41, 5.74) is 6.93. The molecule has 0 aliphatic carbocycles. The third-order valence-electron chi connectivity index (χ3n) is 6.60. The number of nitrogens with zero attached hydrogens (tertiary/aromatic N) is 2. The van der Waals surface area contributed by atoms with Crippen LogP contribution >= 0.6 is 27.5 Å². The molecule has 0 radical (unpaired) electrons. The lowest BCUT2D eigenvalue weighted by atomic mass is 10.1. The maximum atomic E-state index is 6.43. The van der Waals surface area contributed by atoms with Crippen molar-refractivity contribution in [3.05, 3.63) is 119 Å². The fourth-order valence-electron chi connectivity index (χ4n) is 5.25. The van der Waals surface area contributed by atoms with E-state index in [9.17, 15) is 0 Å². The smallest absolute Gasteiger partial charge is 0.0542 e. The van der Waals surface area contributed by atoms with Crippen molar-refractivity contribution in [2.45, 2.75) is 0 Å². The molecule has 0 amide bonds. The highest BCUT2D eigenvalue weighted by atomic mass is 79.9. The van der Waals surface area contributed by atoms with Crippen LogP contribution < -0.4 is 0 Å². The van der Waals surface area contributed by atoms with Crippen molar-refractivity contribution in [3.63, 3.8) is 0 Å². The van der Waals surface area contributed by atoms with Gasteiger partial charge in [-0.3, -0.25) is 0 Å². The third-order valence-corrected chi connectivity index (χ3v) is 7.28. The predicted octanol–water partition coefficient (Wildman–Crippen LogP) is 9.30. The van der Waals surface area contributed by atoms with Crippen LogP contribution in [0.1, 0.15) is 0 Å². The first-order valence-corrected chi connectivity index (χ1v) is 12.3. The molecule has 162 valence electrons. The van der Waals surface area contributed by atoms with Crippen molar-refractivity contribution in [1.29, 1.82) is 0 Å². The quantitative estimate of drug-likeness (QED) is 0.214. The molecule has 7 aromatic rings. The van der Waals surface area contributed by atoms with E-state index in [0.29, 0.717) is 5.02 Å². The molecule has 2 heterocycles. The lowest BCUT2D eigenvalue weighted by Crippen LogP contribution is -1.96. The second-order valence-electron chi connectivity index (χ2n) is 8.55. The normalized spacial score (nSPS) is 11.8. The van der Waals surface area contributed by atoms with Gasteiger partial charge in [0, 0.05) is 42.4 Å². The molecule has 0 aliphatic heterocycles. The van der Waals surface area contributed by atoms with E-state index in [1.54, 1.807) is 0 Å². The van der Waals surface area contributed by atoms with Gasteiger partial charge in [0.25, 0.3) is 0 Å². The zero-order chi connectivity index (χ0) is 22.8. The van der Waals surface area contributed by atoms with Gasteiger partial charge in [-0.1, -0.05) is 82.1 Å². The van der Waals surface area contributed by atoms with Gasteiger partial charge >= 0.3 is 0 Å². The van der Waals surface area contributed by atoms with Crippen LogP contribution in [0.15, 0.2) is 114 Å². The molecule has 7 rings (SSSR count). The molecule has 4 heteroatoms. The molecule has 0 atom stereocenters. The number of hydrogen-bond acceptors (Lipinski definition) is 0. The number of aromatic nitrogens is 2. The fraction of sp³-hybridized carbons (Fsp3) is 0. The highest BCUT2D eigenvalue weighted by molar-refractivity contribution is 9.10. The van der Waals surface area contributed by atoms with Crippen molar-refractivity contribution < 1.29 is 0 Å². The summed E-state index contributed by atoms with van der Waals surface area (Å²) in [5.74, 6) is 0. The summed E-state index contributed by atoms with van der Waals surface area (Å²) < 4.78 is 5.62. The van der Waals surface area contributed by atoms with Crippen LogP contribution in [0.4, 0.5) is 0 Å². The zero-order valence-corrected chi connectivity index (χ0v) is 20.4. The minimum atomic E-state index is 0.706. The topological polar surface area (TPSA) is 9.86 Å². The molecule has 0 unspecified atom stereocenters. The summed E-state index contributed by atoms with van der Waals surface area (Å²) >= 11 is 10.0. The minimum absolute atomic E-state index is 0.706. The average molecular weight is 522 g/mol. The van der Waals surface area contributed by atoms with Gasteiger partial charge in [-0.25, -0.2) is 0 Å². The van der Waals surface area contributed by atoms with Gasteiger partial charge < -0.3 is 9.13 Å². The first kappa shape index (κ1) is 19.9. The van der Waals surface area contributed by atoms with Gasteiger partial charge in [0.1, 0.15) is 0 Å². The lowest BCUT2D eigenvalue weighted by Gasteiger charge is -2.11. The van der Waals surface area contributed by atoms with Crippen LogP contribution in [-0.2, 0) is 0 Å². The standard InChI is InChI=1S/C30H18BrClN2/c31-19-15-20(32)17-22(16-19)34-29-12-6-3-9-25(29)26-18-21(13-14-30(26)34)33-27-10-4-1-7-23(27)24-8-2-5-11-28(24)33/h1-18H. The lowest BCUT2D eigenvalue weighted by molar-refractivity contribution is 1.16. The molecule has 0 bridgehead atoms.